The minimum absolute atomic E-state index is 0.00972. The average molecular weight is 812 g/mol. The van der Waals surface area contributed by atoms with Crippen LogP contribution in [0.3, 0.4) is 0 Å². The third-order valence-electron chi connectivity index (χ3n) is 10.9. The molecule has 3 heterocycles. The number of amides is 1. The van der Waals surface area contributed by atoms with E-state index >= 15 is 0 Å². The van der Waals surface area contributed by atoms with Crippen molar-refractivity contribution in [3.05, 3.63) is 69.2 Å². The number of anilines is 1. The summed E-state index contributed by atoms with van der Waals surface area (Å²) >= 11 is 0. The number of aromatic hydroxyl groups is 1. The number of aliphatic hydroxyl groups excluding tert-OH is 3. The summed E-state index contributed by atoms with van der Waals surface area (Å²) in [5.41, 5.74) is -2.49. The van der Waals surface area contributed by atoms with Crippen LogP contribution in [-0.2, 0) is 38.1 Å². The topological polar surface area (TPSA) is 245 Å². The summed E-state index contributed by atoms with van der Waals surface area (Å²) in [5.74, 6) is -9.71. The molecule has 316 valence electrons. The molecule has 0 unspecified atom stereocenters. The summed E-state index contributed by atoms with van der Waals surface area (Å²) in [7, 11) is 1.06. The molecule has 58 heavy (non-hydrogen) atoms. The summed E-state index contributed by atoms with van der Waals surface area (Å²) in [6.07, 6.45) is -0.811. The summed E-state index contributed by atoms with van der Waals surface area (Å²) in [4.78, 5) is 66.1. The van der Waals surface area contributed by atoms with E-state index in [1.54, 1.807) is 13.0 Å². The highest BCUT2D eigenvalue weighted by atomic mass is 16.7. The number of rotatable bonds is 3. The number of hydrogen-bond acceptors (Lipinski definition) is 15. The predicted octanol–water partition coefficient (Wildman–Crippen LogP) is 3.68. The number of methoxy groups -OCH3 is 1. The van der Waals surface area contributed by atoms with Gasteiger partial charge in [0.2, 0.25) is 6.79 Å². The van der Waals surface area contributed by atoms with Crippen molar-refractivity contribution in [2.45, 2.75) is 99.3 Å². The molecule has 6 N–H and O–H groups in total. The Labute approximate surface area is 336 Å². The van der Waals surface area contributed by atoms with Gasteiger partial charge in [-0.3, -0.25) is 24.0 Å². The van der Waals surface area contributed by atoms with Crippen LogP contribution in [-0.4, -0.2) is 99.1 Å². The second-order valence-electron chi connectivity index (χ2n) is 15.3. The molecule has 3 aliphatic heterocycles. The van der Waals surface area contributed by atoms with E-state index in [2.05, 4.69) is 5.32 Å². The van der Waals surface area contributed by atoms with E-state index in [-0.39, 0.29) is 61.9 Å². The van der Waals surface area contributed by atoms with E-state index in [4.69, 9.17) is 23.7 Å². The van der Waals surface area contributed by atoms with Crippen molar-refractivity contribution >= 4 is 40.9 Å². The van der Waals surface area contributed by atoms with Gasteiger partial charge in [0.1, 0.15) is 34.9 Å². The SMILES string of the molecule is COC(=O)[C@@H]1[C@H](O)[C@H](C)[C@H](O)[C@H](C)/C=C\C=C(\C)C(=O)Nc2c(C)c(OC(C)=O)c3c(c2O)C(=O)C(C)=C2OCOC(=C23)/C(C)=C/[C@@](C)(O)[C@H](O)[C@@H](C)[C@H]1OC(C)=O. The number of phenolic OH excluding ortho intramolecular Hbond substituents is 1. The number of esters is 3. The fourth-order valence-electron chi connectivity index (χ4n) is 7.63. The molecule has 1 aliphatic carbocycles. The van der Waals surface area contributed by atoms with Gasteiger partial charge in [-0.25, -0.2) is 0 Å². The van der Waals surface area contributed by atoms with Gasteiger partial charge in [-0.2, -0.15) is 0 Å². The number of fused-ring (bicyclic) bond motifs is 14. The quantitative estimate of drug-likeness (QED) is 0.145. The van der Waals surface area contributed by atoms with E-state index in [1.807, 2.05) is 0 Å². The summed E-state index contributed by atoms with van der Waals surface area (Å²) < 4.78 is 28.0. The van der Waals surface area contributed by atoms with E-state index < -0.39 is 95.8 Å². The van der Waals surface area contributed by atoms with Gasteiger partial charge in [0.15, 0.2) is 11.5 Å². The molecule has 1 amide bonds. The monoisotopic (exact) mass is 811 g/mol. The lowest BCUT2D eigenvalue weighted by Gasteiger charge is -2.40. The summed E-state index contributed by atoms with van der Waals surface area (Å²) in [6.45, 7) is 13.4. The Bertz CT molecular complexity index is 2040. The van der Waals surface area contributed by atoms with Crippen LogP contribution in [0.5, 0.6) is 11.5 Å². The maximum atomic E-state index is 14.0. The highest BCUT2D eigenvalue weighted by Crippen LogP contribution is 2.53. The van der Waals surface area contributed by atoms with Gasteiger partial charge in [0.25, 0.3) is 5.91 Å². The molecule has 9 atom stereocenters. The number of Topliss-reactive ketones (excluding diaryl/α,β-unsaturated/α-hetero) is 1. The number of ketones is 1. The molecule has 0 aromatic heterocycles. The molecule has 0 saturated carbocycles. The standard InChI is InChI=1S/C42H53NO15/c1-17-13-12-14-18(2)40(51)43-30-20(4)37(57-24(8)44)26-27(34(30)49)33(48)22(6)36-28(26)35(55-16-56-36)19(3)15-42(10,53)39(50)23(7)38(58-25(9)45)29(41(52)54-11)32(47)21(5)31(17)46/h12-15,17,21,23,29,31-32,38-39,46-47,49-50,53H,16H2,1-11H3,(H,43,51)/b13-12-,18-14-,19-15+/t17-,21-,23+,29-,31-,32-,38-,39-,42-/m1/s1. The molecule has 1 aromatic carbocycles. The number of carbonyl (C=O) groups is 5. The van der Waals surface area contributed by atoms with Crippen LogP contribution in [0.2, 0.25) is 0 Å². The maximum Gasteiger partial charge on any atom is 0.315 e. The number of aliphatic hydroxyl groups is 4. The molecule has 16 heteroatoms. The van der Waals surface area contributed by atoms with Crippen molar-refractivity contribution < 1.29 is 73.2 Å². The number of ether oxygens (including phenoxy) is 5. The van der Waals surface area contributed by atoms with Crippen molar-refractivity contribution in [3.63, 3.8) is 0 Å². The first-order chi connectivity index (χ1) is 27.0. The largest absolute Gasteiger partial charge is 0.505 e. The van der Waals surface area contributed by atoms with Crippen molar-refractivity contribution in [3.8, 4) is 11.5 Å². The number of phenols is 1. The minimum atomic E-state index is -2.22. The lowest BCUT2D eigenvalue weighted by Crippen LogP contribution is -2.54. The number of benzene rings is 1. The third-order valence-corrected chi connectivity index (χ3v) is 10.9. The van der Waals surface area contributed by atoms with Crippen LogP contribution < -0.4 is 10.1 Å². The van der Waals surface area contributed by atoms with Gasteiger partial charge in [-0.1, -0.05) is 39.0 Å². The van der Waals surface area contributed by atoms with E-state index in [0.717, 1.165) is 21.0 Å². The zero-order chi connectivity index (χ0) is 43.7. The van der Waals surface area contributed by atoms with Crippen LogP contribution in [0, 0.1) is 30.6 Å². The Morgan fingerprint density at radius 3 is 2.10 bits per heavy atom. The smallest absolute Gasteiger partial charge is 0.315 e. The second-order valence-corrected chi connectivity index (χ2v) is 15.3. The molecule has 4 aliphatic rings. The zero-order valence-electron chi connectivity index (χ0n) is 34.5. The van der Waals surface area contributed by atoms with Crippen molar-refractivity contribution in [2.75, 3.05) is 19.2 Å². The zero-order valence-corrected chi connectivity index (χ0v) is 34.5. The number of carbonyl (C=O) groups excluding carboxylic acids is 5. The summed E-state index contributed by atoms with van der Waals surface area (Å²) in [6, 6.07) is 0. The molecule has 0 spiro atoms. The van der Waals surface area contributed by atoms with E-state index in [9.17, 15) is 49.5 Å². The third kappa shape index (κ3) is 8.74. The van der Waals surface area contributed by atoms with Crippen LogP contribution in [0.4, 0.5) is 5.69 Å². The van der Waals surface area contributed by atoms with Gasteiger partial charge in [-0.15, -0.1) is 0 Å². The van der Waals surface area contributed by atoms with Gasteiger partial charge in [-0.05, 0) is 46.3 Å². The number of hydrogen-bond donors (Lipinski definition) is 6. The first-order valence-corrected chi connectivity index (χ1v) is 18.7. The van der Waals surface area contributed by atoms with E-state index in [1.165, 1.54) is 66.7 Å². The first-order valence-electron chi connectivity index (χ1n) is 18.7. The average Bonchev–Trinajstić information content (AvgIpc) is 3.16. The van der Waals surface area contributed by atoms with Gasteiger partial charge >= 0.3 is 17.9 Å². The number of nitrogens with one attached hydrogen (secondary N) is 1. The molecule has 0 saturated heterocycles. The Morgan fingerprint density at radius 2 is 1.52 bits per heavy atom. The fraction of sp³-hybridized carbons (Fsp3) is 0.500. The molecular formula is C42H53NO15. The predicted molar refractivity (Wildman–Crippen MR) is 208 cm³/mol. The highest BCUT2D eigenvalue weighted by Gasteiger charge is 2.49. The van der Waals surface area contributed by atoms with Crippen molar-refractivity contribution in [2.24, 2.45) is 23.7 Å². The van der Waals surface area contributed by atoms with Crippen LogP contribution in [0.25, 0.3) is 5.57 Å². The van der Waals surface area contributed by atoms with E-state index in [0.29, 0.717) is 0 Å². The van der Waals surface area contributed by atoms with Crippen molar-refractivity contribution in [1.29, 1.82) is 0 Å². The lowest BCUT2D eigenvalue weighted by atomic mass is 9.75. The van der Waals surface area contributed by atoms with Gasteiger partial charge < -0.3 is 54.5 Å². The van der Waals surface area contributed by atoms with Gasteiger partial charge in [0.05, 0.1) is 42.2 Å². The Morgan fingerprint density at radius 1 is 0.897 bits per heavy atom. The Balaban J connectivity index is 2.10. The van der Waals surface area contributed by atoms with Crippen LogP contribution in [0.15, 0.2) is 52.5 Å². The molecule has 1 aromatic rings. The molecule has 16 nitrogen and oxygen atoms in total. The van der Waals surface area contributed by atoms with Crippen molar-refractivity contribution in [1.82, 2.24) is 0 Å². The maximum absolute atomic E-state index is 14.0. The summed E-state index contributed by atoms with van der Waals surface area (Å²) in [5, 5.41) is 61.2. The first kappa shape index (κ1) is 45.4. The molecule has 0 fully saturated rings. The normalized spacial score (nSPS) is 32.1. The highest BCUT2D eigenvalue weighted by molar-refractivity contribution is 6.21. The number of allylic oxidation sites excluding steroid dienone is 5. The fourth-order valence-corrected chi connectivity index (χ4v) is 7.63. The lowest BCUT2D eigenvalue weighted by molar-refractivity contribution is -0.181. The minimum Gasteiger partial charge on any atom is -0.505 e. The van der Waals surface area contributed by atoms with Crippen LogP contribution in [0.1, 0.15) is 83.8 Å². The Kier molecular flexibility index (Phi) is 13.8. The Hall–Kier alpha value is -5.29. The second kappa shape index (κ2) is 17.7. The molecule has 4 bridgehead atoms. The molecule has 5 rings (SSSR count). The molecule has 0 radical (unpaired) electrons. The van der Waals surface area contributed by atoms with Crippen LogP contribution >= 0.6 is 0 Å². The molecular weight excluding hydrogens is 758 g/mol. The van der Waals surface area contributed by atoms with Gasteiger partial charge in [0, 0.05) is 53.9 Å².